The second-order valence-corrected chi connectivity index (χ2v) is 5.95. The zero-order valence-corrected chi connectivity index (χ0v) is 13.9. The first kappa shape index (κ1) is 16.3. The molecule has 1 saturated heterocycles. The first-order valence-corrected chi connectivity index (χ1v) is 7.86. The molecule has 0 atom stereocenters. The van der Waals surface area contributed by atoms with Crippen molar-refractivity contribution >= 4 is 35.2 Å². The van der Waals surface area contributed by atoms with Gasteiger partial charge in [-0.25, -0.2) is 0 Å². The number of methoxy groups -OCH3 is 1. The van der Waals surface area contributed by atoms with Crippen molar-refractivity contribution in [2.45, 2.75) is 18.9 Å². The number of nitrogens with two attached hydrogens (primary N) is 1. The summed E-state index contributed by atoms with van der Waals surface area (Å²) < 4.78 is 10.5. The summed E-state index contributed by atoms with van der Waals surface area (Å²) in [6.45, 7) is -0.235. The molecular weight excluding hydrogens is 330 g/mol. The van der Waals surface area contributed by atoms with Crippen LogP contribution in [0.25, 0.3) is 6.08 Å². The van der Waals surface area contributed by atoms with E-state index in [1.165, 1.54) is 7.11 Å². The molecule has 126 valence electrons. The summed E-state index contributed by atoms with van der Waals surface area (Å²) in [5.41, 5.74) is 6.24. The number of primary amides is 1. The molecule has 1 aliphatic carbocycles. The van der Waals surface area contributed by atoms with Gasteiger partial charge in [-0.05, 0) is 48.8 Å². The van der Waals surface area contributed by atoms with Gasteiger partial charge in [0, 0.05) is 6.04 Å². The van der Waals surface area contributed by atoms with Crippen LogP contribution >= 0.6 is 12.2 Å². The molecule has 24 heavy (non-hydrogen) atoms. The van der Waals surface area contributed by atoms with E-state index in [4.69, 9.17) is 27.4 Å². The summed E-state index contributed by atoms with van der Waals surface area (Å²) in [7, 11) is 1.49. The van der Waals surface area contributed by atoms with Gasteiger partial charge >= 0.3 is 0 Å². The maximum absolute atomic E-state index is 12.4. The number of thiocarbonyl (C=S) groups is 1. The number of carbonyl (C=O) groups is 2. The quantitative estimate of drug-likeness (QED) is 0.583. The Labute approximate surface area is 144 Å². The number of nitrogens with one attached hydrogen (secondary N) is 1. The minimum atomic E-state index is -0.572. The first-order valence-electron chi connectivity index (χ1n) is 7.45. The molecule has 0 spiro atoms. The first-order chi connectivity index (χ1) is 11.5. The van der Waals surface area contributed by atoms with Gasteiger partial charge in [0.1, 0.15) is 5.70 Å². The van der Waals surface area contributed by atoms with Gasteiger partial charge < -0.3 is 20.5 Å². The van der Waals surface area contributed by atoms with E-state index in [0.717, 1.165) is 18.4 Å². The minimum Gasteiger partial charge on any atom is -0.493 e. The van der Waals surface area contributed by atoms with Gasteiger partial charge in [-0.2, -0.15) is 0 Å². The van der Waals surface area contributed by atoms with Crippen molar-refractivity contribution < 1.29 is 19.1 Å². The third-order valence-electron chi connectivity index (χ3n) is 3.69. The molecule has 1 aliphatic heterocycles. The summed E-state index contributed by atoms with van der Waals surface area (Å²) in [4.78, 5) is 24.8. The van der Waals surface area contributed by atoms with Crippen molar-refractivity contribution in [2.75, 3.05) is 13.7 Å². The highest BCUT2D eigenvalue weighted by Gasteiger charge is 2.41. The molecule has 3 N–H and O–H groups in total. The Hall–Kier alpha value is -2.61. The Morgan fingerprint density at radius 2 is 2.21 bits per heavy atom. The fourth-order valence-corrected chi connectivity index (χ4v) is 2.76. The fraction of sp³-hybridized carbons (Fsp3) is 0.312. The molecular formula is C16H17N3O4S. The van der Waals surface area contributed by atoms with Gasteiger partial charge in [0.05, 0.1) is 7.11 Å². The van der Waals surface area contributed by atoms with Crippen LogP contribution in [0.3, 0.4) is 0 Å². The number of nitrogens with zero attached hydrogens (tertiary/aromatic N) is 1. The summed E-state index contributed by atoms with van der Waals surface area (Å²) in [5.74, 6) is 0.158. The Bertz CT molecular complexity index is 743. The molecule has 2 aliphatic rings. The molecule has 8 heteroatoms. The van der Waals surface area contributed by atoms with Crippen LogP contribution in [0.5, 0.6) is 11.5 Å². The molecule has 0 aromatic heterocycles. The lowest BCUT2D eigenvalue weighted by molar-refractivity contribution is -0.122. The zero-order chi connectivity index (χ0) is 17.3. The highest BCUT2D eigenvalue weighted by Crippen LogP contribution is 2.32. The largest absolute Gasteiger partial charge is 0.493 e. The second-order valence-electron chi connectivity index (χ2n) is 5.56. The van der Waals surface area contributed by atoms with Crippen molar-refractivity contribution in [2.24, 2.45) is 5.73 Å². The standard InChI is InChI=1S/C16H17N3O4S/c1-22-13-7-9(2-5-12(13)23-8-14(17)20)6-11-15(21)19(10-3-4-10)16(24)18-11/h2,5-7,10H,3-4,8H2,1H3,(H2,17,20)(H,18,24)/b11-6+. The van der Waals surface area contributed by atoms with Crippen LogP contribution in [0.1, 0.15) is 18.4 Å². The minimum absolute atomic E-state index is 0.115. The van der Waals surface area contributed by atoms with Gasteiger partial charge in [0.25, 0.3) is 11.8 Å². The molecule has 0 unspecified atom stereocenters. The SMILES string of the molecule is COc1cc(/C=C2/NC(=S)N(C3CC3)C2=O)ccc1OCC(N)=O. The number of ether oxygens (including phenoxy) is 2. The summed E-state index contributed by atoms with van der Waals surface area (Å²) in [6, 6.07) is 5.34. The number of hydrogen-bond donors (Lipinski definition) is 2. The summed E-state index contributed by atoms with van der Waals surface area (Å²) in [5, 5.41) is 3.40. The Kier molecular flexibility index (Phi) is 4.39. The fourth-order valence-electron chi connectivity index (χ4n) is 2.42. The van der Waals surface area contributed by atoms with Gasteiger partial charge in [-0.15, -0.1) is 0 Å². The number of carbonyl (C=O) groups excluding carboxylic acids is 2. The van der Waals surface area contributed by atoms with E-state index in [1.807, 2.05) is 0 Å². The molecule has 0 bridgehead atoms. The Balaban J connectivity index is 1.81. The predicted octanol–water partition coefficient (Wildman–Crippen LogP) is 0.779. The van der Waals surface area contributed by atoms with Crippen LogP contribution in [-0.4, -0.2) is 41.6 Å². The molecule has 3 rings (SSSR count). The lowest BCUT2D eigenvalue weighted by Gasteiger charge is -2.11. The van der Waals surface area contributed by atoms with E-state index >= 15 is 0 Å². The van der Waals surface area contributed by atoms with Crippen LogP contribution in [0.2, 0.25) is 0 Å². The molecule has 7 nitrogen and oxygen atoms in total. The number of benzene rings is 1. The average molecular weight is 347 g/mol. The van der Waals surface area contributed by atoms with Crippen LogP contribution in [0.4, 0.5) is 0 Å². The van der Waals surface area contributed by atoms with Crippen LogP contribution in [0, 0.1) is 0 Å². The smallest absolute Gasteiger partial charge is 0.276 e. The van der Waals surface area contributed by atoms with E-state index in [1.54, 1.807) is 29.2 Å². The van der Waals surface area contributed by atoms with E-state index < -0.39 is 5.91 Å². The molecule has 1 heterocycles. The van der Waals surface area contributed by atoms with Crippen molar-refractivity contribution in [1.82, 2.24) is 10.2 Å². The van der Waals surface area contributed by atoms with Gasteiger partial charge in [0.15, 0.2) is 23.2 Å². The van der Waals surface area contributed by atoms with E-state index in [0.29, 0.717) is 22.3 Å². The zero-order valence-electron chi connectivity index (χ0n) is 13.1. The molecule has 1 aromatic carbocycles. The van der Waals surface area contributed by atoms with Crippen LogP contribution < -0.4 is 20.5 Å². The molecule has 0 radical (unpaired) electrons. The third kappa shape index (κ3) is 3.33. The Morgan fingerprint density at radius 3 is 2.83 bits per heavy atom. The topological polar surface area (TPSA) is 93.9 Å². The van der Waals surface area contributed by atoms with Gasteiger partial charge in [-0.3, -0.25) is 14.5 Å². The second kappa shape index (κ2) is 6.48. The van der Waals surface area contributed by atoms with Crippen molar-refractivity contribution in [3.8, 4) is 11.5 Å². The lowest BCUT2D eigenvalue weighted by Crippen LogP contribution is -2.32. The monoisotopic (exact) mass is 347 g/mol. The van der Waals surface area contributed by atoms with Crippen molar-refractivity contribution in [1.29, 1.82) is 0 Å². The van der Waals surface area contributed by atoms with E-state index in [2.05, 4.69) is 5.32 Å². The maximum Gasteiger partial charge on any atom is 0.276 e. The number of amides is 2. The van der Waals surface area contributed by atoms with Gasteiger partial charge in [0.2, 0.25) is 0 Å². The average Bonchev–Trinajstić information content (AvgIpc) is 3.33. The van der Waals surface area contributed by atoms with E-state index in [9.17, 15) is 9.59 Å². The predicted molar refractivity (Wildman–Crippen MR) is 91.3 cm³/mol. The lowest BCUT2D eigenvalue weighted by atomic mass is 10.1. The molecule has 2 fully saturated rings. The van der Waals surface area contributed by atoms with Crippen LogP contribution in [0.15, 0.2) is 23.9 Å². The van der Waals surface area contributed by atoms with E-state index in [-0.39, 0.29) is 18.6 Å². The summed E-state index contributed by atoms with van der Waals surface area (Å²) in [6.07, 6.45) is 3.68. The van der Waals surface area contributed by atoms with Gasteiger partial charge in [-0.1, -0.05) is 6.07 Å². The maximum atomic E-state index is 12.4. The normalized spacial score (nSPS) is 18.7. The van der Waals surface area contributed by atoms with Crippen LogP contribution in [-0.2, 0) is 9.59 Å². The van der Waals surface area contributed by atoms with Crippen molar-refractivity contribution in [3.05, 3.63) is 29.5 Å². The molecule has 1 aromatic rings. The number of rotatable bonds is 6. The Morgan fingerprint density at radius 1 is 1.46 bits per heavy atom. The summed E-state index contributed by atoms with van der Waals surface area (Å²) >= 11 is 5.22. The molecule has 1 saturated carbocycles. The highest BCUT2D eigenvalue weighted by molar-refractivity contribution is 7.80. The van der Waals surface area contributed by atoms with Crippen molar-refractivity contribution in [3.63, 3.8) is 0 Å². The number of hydrogen-bond acceptors (Lipinski definition) is 5. The third-order valence-corrected chi connectivity index (χ3v) is 3.99. The molecule has 2 amide bonds. The highest BCUT2D eigenvalue weighted by atomic mass is 32.1.